The lowest BCUT2D eigenvalue weighted by molar-refractivity contribution is -0.151. The van der Waals surface area contributed by atoms with Gasteiger partial charge in [0.25, 0.3) is 17.7 Å². The first kappa shape index (κ1) is 22.4. The molecule has 3 amide bonds. The maximum Gasteiger partial charge on any atom is 0.329 e. The van der Waals surface area contributed by atoms with E-state index in [4.69, 9.17) is 9.47 Å². The number of fused-ring (bicyclic) bond motifs is 1. The van der Waals surface area contributed by atoms with Crippen molar-refractivity contribution in [2.75, 3.05) is 31.0 Å². The van der Waals surface area contributed by atoms with Gasteiger partial charge in [0.1, 0.15) is 11.8 Å². The van der Waals surface area contributed by atoms with Gasteiger partial charge in [0.05, 0.1) is 23.9 Å². The van der Waals surface area contributed by atoms with Gasteiger partial charge in [-0.25, -0.2) is 4.79 Å². The number of carbonyl (C=O) groups excluding carboxylic acids is 4. The van der Waals surface area contributed by atoms with Gasteiger partial charge in [-0.05, 0) is 42.7 Å². The summed E-state index contributed by atoms with van der Waals surface area (Å²) in [6.07, 6.45) is 2.07. The van der Waals surface area contributed by atoms with Crippen LogP contribution in [0.25, 0.3) is 0 Å². The highest BCUT2D eigenvalue weighted by Gasteiger charge is 2.43. The van der Waals surface area contributed by atoms with E-state index in [9.17, 15) is 19.2 Å². The highest BCUT2D eigenvalue weighted by Crippen LogP contribution is 2.27. The number of nitrogens with one attached hydrogen (secondary N) is 1. The number of esters is 1. The van der Waals surface area contributed by atoms with Crippen molar-refractivity contribution in [3.63, 3.8) is 0 Å². The fourth-order valence-corrected chi connectivity index (χ4v) is 3.70. The number of rotatable bonds is 9. The summed E-state index contributed by atoms with van der Waals surface area (Å²) in [5, 5.41) is 2.61. The Hall–Kier alpha value is -3.33. The van der Waals surface area contributed by atoms with Gasteiger partial charge in [0, 0.05) is 0 Å². The number of ether oxygens (including phenoxy) is 2. The number of benzene rings is 2. The van der Waals surface area contributed by atoms with Crippen LogP contribution in [-0.2, 0) is 14.3 Å². The Morgan fingerprint density at radius 2 is 1.65 bits per heavy atom. The Labute approximate surface area is 183 Å². The monoisotopic (exact) mass is 442 g/mol. The zero-order chi connectivity index (χ0) is 22.4. The van der Waals surface area contributed by atoms with Crippen LogP contribution in [0.1, 0.15) is 27.1 Å². The van der Waals surface area contributed by atoms with Crippen molar-refractivity contribution in [2.45, 2.75) is 12.5 Å². The van der Waals surface area contributed by atoms with Crippen LogP contribution in [0, 0.1) is 0 Å². The number of imide groups is 1. The predicted octanol–water partition coefficient (Wildman–Crippen LogP) is 2.59. The second kappa shape index (κ2) is 10.1. The van der Waals surface area contributed by atoms with Crippen LogP contribution in [0.4, 0.5) is 5.69 Å². The third-order valence-electron chi connectivity index (χ3n) is 4.73. The number of carbonyl (C=O) groups is 4. The Morgan fingerprint density at radius 1 is 1.03 bits per heavy atom. The molecule has 162 valence electrons. The molecule has 3 rings (SSSR count). The molecular formula is C22H22N2O6S. The number of methoxy groups -OCH3 is 1. The number of para-hydroxylation sites is 2. The summed E-state index contributed by atoms with van der Waals surface area (Å²) >= 11 is 1.47. The number of anilines is 1. The SMILES string of the molecule is COc1ccccc1NC(=O)COC(=O)[C@@H](CCSC)N1C(=O)c2ccccc2C1=O. The summed E-state index contributed by atoms with van der Waals surface area (Å²) in [6, 6.07) is 12.1. The van der Waals surface area contributed by atoms with Gasteiger partial charge in [-0.15, -0.1) is 0 Å². The number of amides is 3. The van der Waals surface area contributed by atoms with Crippen LogP contribution < -0.4 is 10.1 Å². The molecule has 0 saturated heterocycles. The number of hydrogen-bond acceptors (Lipinski definition) is 7. The van der Waals surface area contributed by atoms with Crippen LogP contribution in [0.2, 0.25) is 0 Å². The molecule has 1 atom stereocenters. The number of thioether (sulfide) groups is 1. The van der Waals surface area contributed by atoms with E-state index in [0.717, 1.165) is 4.90 Å². The van der Waals surface area contributed by atoms with E-state index in [2.05, 4.69) is 5.32 Å². The van der Waals surface area contributed by atoms with Gasteiger partial charge in [-0.3, -0.25) is 19.3 Å². The maximum absolute atomic E-state index is 12.8. The lowest BCUT2D eigenvalue weighted by atomic mass is 10.1. The van der Waals surface area contributed by atoms with E-state index in [0.29, 0.717) is 17.2 Å². The molecule has 1 aliphatic rings. The van der Waals surface area contributed by atoms with Gasteiger partial charge < -0.3 is 14.8 Å². The summed E-state index contributed by atoms with van der Waals surface area (Å²) in [5.41, 5.74) is 0.942. The summed E-state index contributed by atoms with van der Waals surface area (Å²) in [4.78, 5) is 51.5. The highest BCUT2D eigenvalue weighted by atomic mass is 32.2. The largest absolute Gasteiger partial charge is 0.495 e. The fourth-order valence-electron chi connectivity index (χ4n) is 3.24. The molecular weight excluding hydrogens is 420 g/mol. The third kappa shape index (κ3) is 4.88. The topological polar surface area (TPSA) is 102 Å². The van der Waals surface area contributed by atoms with Crippen LogP contribution >= 0.6 is 11.8 Å². The molecule has 1 N–H and O–H groups in total. The lowest BCUT2D eigenvalue weighted by Crippen LogP contribution is -2.46. The molecule has 9 heteroatoms. The molecule has 0 radical (unpaired) electrons. The maximum atomic E-state index is 12.8. The van der Waals surface area contributed by atoms with E-state index < -0.39 is 36.3 Å². The van der Waals surface area contributed by atoms with Gasteiger partial charge >= 0.3 is 5.97 Å². The normalized spacial score (nSPS) is 13.5. The molecule has 2 aromatic carbocycles. The fraction of sp³-hybridized carbons (Fsp3) is 0.273. The summed E-state index contributed by atoms with van der Waals surface area (Å²) in [5.74, 6) is -1.46. The second-order valence-electron chi connectivity index (χ2n) is 6.68. The molecule has 1 heterocycles. The van der Waals surface area contributed by atoms with Crippen LogP contribution in [0.5, 0.6) is 5.75 Å². The summed E-state index contributed by atoms with van der Waals surface area (Å²) in [6.45, 7) is -0.560. The first-order valence-corrected chi connectivity index (χ1v) is 10.9. The standard InChI is InChI=1S/C22H22N2O6S/c1-29-18-10-6-5-9-16(18)23-19(25)13-30-22(28)17(11-12-31-2)24-20(26)14-7-3-4-8-15(14)21(24)27/h3-10,17H,11-13H2,1-2H3,(H,23,25)/t17-/m1/s1. The number of hydrogen-bond donors (Lipinski definition) is 1. The Balaban J connectivity index is 1.69. The van der Waals surface area contributed by atoms with Crippen molar-refractivity contribution < 1.29 is 28.7 Å². The average Bonchev–Trinajstić information content (AvgIpc) is 3.03. The molecule has 0 bridgehead atoms. The second-order valence-corrected chi connectivity index (χ2v) is 7.66. The average molecular weight is 442 g/mol. The minimum atomic E-state index is -1.11. The van der Waals surface area contributed by atoms with Crippen molar-refractivity contribution in [3.05, 3.63) is 59.7 Å². The summed E-state index contributed by atoms with van der Waals surface area (Å²) < 4.78 is 10.3. The zero-order valence-corrected chi connectivity index (χ0v) is 17.9. The van der Waals surface area contributed by atoms with Crippen molar-refractivity contribution in [1.29, 1.82) is 0 Å². The van der Waals surface area contributed by atoms with Gasteiger partial charge in [0.2, 0.25) is 0 Å². The van der Waals surface area contributed by atoms with E-state index in [-0.39, 0.29) is 17.5 Å². The molecule has 1 aliphatic heterocycles. The molecule has 0 unspecified atom stereocenters. The molecule has 2 aromatic rings. The smallest absolute Gasteiger partial charge is 0.329 e. The minimum absolute atomic E-state index is 0.222. The van der Waals surface area contributed by atoms with Gasteiger partial charge in [-0.1, -0.05) is 24.3 Å². The lowest BCUT2D eigenvalue weighted by Gasteiger charge is -2.24. The molecule has 0 aromatic heterocycles. The van der Waals surface area contributed by atoms with Crippen molar-refractivity contribution in [3.8, 4) is 5.75 Å². The quantitative estimate of drug-likeness (QED) is 0.470. The minimum Gasteiger partial charge on any atom is -0.495 e. The van der Waals surface area contributed by atoms with Gasteiger partial charge in [-0.2, -0.15) is 11.8 Å². The van der Waals surface area contributed by atoms with Gasteiger partial charge in [0.15, 0.2) is 6.61 Å². The summed E-state index contributed by atoms with van der Waals surface area (Å²) in [7, 11) is 1.48. The van der Waals surface area contributed by atoms with E-state index >= 15 is 0 Å². The Morgan fingerprint density at radius 3 is 2.26 bits per heavy atom. The molecule has 0 fully saturated rings. The number of nitrogens with zero attached hydrogens (tertiary/aromatic N) is 1. The third-order valence-corrected chi connectivity index (χ3v) is 5.38. The molecule has 31 heavy (non-hydrogen) atoms. The van der Waals surface area contributed by atoms with Crippen LogP contribution in [0.3, 0.4) is 0 Å². The first-order valence-electron chi connectivity index (χ1n) is 9.53. The molecule has 8 nitrogen and oxygen atoms in total. The molecule has 0 aliphatic carbocycles. The van der Waals surface area contributed by atoms with Crippen LogP contribution in [-0.4, -0.2) is 60.4 Å². The van der Waals surface area contributed by atoms with Crippen molar-refractivity contribution in [2.24, 2.45) is 0 Å². The first-order chi connectivity index (χ1) is 15.0. The van der Waals surface area contributed by atoms with E-state index in [1.54, 1.807) is 48.5 Å². The van der Waals surface area contributed by atoms with Crippen molar-refractivity contribution in [1.82, 2.24) is 4.90 Å². The predicted molar refractivity (Wildman–Crippen MR) is 116 cm³/mol. The molecule has 0 saturated carbocycles. The van der Waals surface area contributed by atoms with Crippen molar-refractivity contribution >= 4 is 41.1 Å². The van der Waals surface area contributed by atoms with E-state index in [1.165, 1.54) is 18.9 Å². The Bertz CT molecular complexity index is 974. The van der Waals surface area contributed by atoms with E-state index in [1.807, 2.05) is 6.26 Å². The zero-order valence-electron chi connectivity index (χ0n) is 17.1. The van der Waals surface area contributed by atoms with Crippen LogP contribution in [0.15, 0.2) is 48.5 Å². The highest BCUT2D eigenvalue weighted by molar-refractivity contribution is 7.98. The molecule has 0 spiro atoms. The Kier molecular flexibility index (Phi) is 7.30.